The van der Waals surface area contributed by atoms with Gasteiger partial charge in [0.05, 0.1) is 6.20 Å². The smallest absolute Gasteiger partial charge is 0.266 e. The van der Waals surface area contributed by atoms with Crippen molar-refractivity contribution >= 4 is 11.6 Å². The van der Waals surface area contributed by atoms with Crippen molar-refractivity contribution < 1.29 is 4.79 Å². The number of amides is 1. The first-order chi connectivity index (χ1) is 12.5. The predicted octanol–water partition coefficient (Wildman–Crippen LogP) is 0.969. The number of aromatic amines is 2. The monoisotopic (exact) mass is 354 g/mol. The Balaban J connectivity index is 1.42. The van der Waals surface area contributed by atoms with E-state index in [2.05, 4.69) is 25.6 Å². The minimum atomic E-state index is -0.176. The molecule has 3 N–H and O–H groups in total. The number of carbonyl (C=O) groups excluding carboxylic acids is 1. The normalized spacial score (nSPS) is 16.6. The molecule has 1 amide bonds. The Morgan fingerprint density at radius 2 is 2.27 bits per heavy atom. The van der Waals surface area contributed by atoms with Crippen LogP contribution in [0.1, 0.15) is 41.1 Å². The van der Waals surface area contributed by atoms with Crippen LogP contribution in [0, 0.1) is 13.8 Å². The molecule has 0 aliphatic heterocycles. The standard InChI is InChI=1S/C18H22N6O2/c1-10-14(11(2)24-16(20-10)8-18(26)23-24)5-6-17(25)21-13-4-3-12-9-19-22-15(12)7-13/h8-9,13H,3-7H2,1-2H3,(H,19,22)(H,21,25)(H,23,26). The third kappa shape index (κ3) is 3.02. The Morgan fingerprint density at radius 1 is 1.42 bits per heavy atom. The fraction of sp³-hybridized carbons (Fsp3) is 0.444. The van der Waals surface area contributed by atoms with Gasteiger partial charge in [-0.1, -0.05) is 0 Å². The van der Waals surface area contributed by atoms with Crippen LogP contribution in [0.15, 0.2) is 17.1 Å². The average Bonchev–Trinajstić information content (AvgIpc) is 3.20. The van der Waals surface area contributed by atoms with Gasteiger partial charge in [-0.3, -0.25) is 19.8 Å². The molecular formula is C18H22N6O2. The first-order valence-electron chi connectivity index (χ1n) is 8.89. The summed E-state index contributed by atoms with van der Waals surface area (Å²) < 4.78 is 1.68. The van der Waals surface area contributed by atoms with Crippen LogP contribution in [0.2, 0.25) is 0 Å². The molecule has 136 valence electrons. The van der Waals surface area contributed by atoms with E-state index in [4.69, 9.17) is 0 Å². The SMILES string of the molecule is Cc1nc2cc(=O)[nH]n2c(C)c1CCC(=O)NC1CCc2cn[nH]c2C1. The van der Waals surface area contributed by atoms with E-state index in [-0.39, 0.29) is 17.5 Å². The van der Waals surface area contributed by atoms with Crippen LogP contribution in [0.25, 0.3) is 5.65 Å². The summed E-state index contributed by atoms with van der Waals surface area (Å²) in [6.45, 7) is 3.85. The van der Waals surface area contributed by atoms with E-state index < -0.39 is 0 Å². The highest BCUT2D eigenvalue weighted by Gasteiger charge is 2.21. The summed E-state index contributed by atoms with van der Waals surface area (Å²) in [6.07, 6.45) is 5.54. The molecule has 1 aliphatic carbocycles. The lowest BCUT2D eigenvalue weighted by molar-refractivity contribution is -0.121. The molecule has 0 saturated carbocycles. The van der Waals surface area contributed by atoms with Gasteiger partial charge in [-0.25, -0.2) is 9.50 Å². The van der Waals surface area contributed by atoms with E-state index in [1.165, 1.54) is 11.6 Å². The summed E-state index contributed by atoms with van der Waals surface area (Å²) in [5.74, 6) is 0.0397. The van der Waals surface area contributed by atoms with Crippen molar-refractivity contribution in [2.24, 2.45) is 0 Å². The van der Waals surface area contributed by atoms with Gasteiger partial charge in [-0.05, 0) is 44.2 Å². The lowest BCUT2D eigenvalue weighted by Gasteiger charge is -2.23. The number of nitrogens with zero attached hydrogens (tertiary/aromatic N) is 3. The van der Waals surface area contributed by atoms with Crippen molar-refractivity contribution in [1.82, 2.24) is 30.1 Å². The number of H-pyrrole nitrogens is 2. The molecule has 1 aliphatic rings. The van der Waals surface area contributed by atoms with Crippen molar-refractivity contribution in [1.29, 1.82) is 0 Å². The molecule has 0 fully saturated rings. The molecule has 0 saturated heterocycles. The third-order valence-electron chi connectivity index (χ3n) is 5.19. The van der Waals surface area contributed by atoms with Crippen LogP contribution < -0.4 is 10.9 Å². The Hall–Kier alpha value is -2.90. The summed E-state index contributed by atoms with van der Waals surface area (Å²) in [6, 6.07) is 1.63. The molecule has 0 aromatic carbocycles. The van der Waals surface area contributed by atoms with Crippen LogP contribution in [-0.4, -0.2) is 36.7 Å². The van der Waals surface area contributed by atoms with Crippen LogP contribution in [0.3, 0.4) is 0 Å². The summed E-state index contributed by atoms with van der Waals surface area (Å²) >= 11 is 0. The van der Waals surface area contributed by atoms with Crippen molar-refractivity contribution in [2.45, 2.75) is 52.0 Å². The molecule has 0 bridgehead atoms. The summed E-state index contributed by atoms with van der Waals surface area (Å²) in [5.41, 5.74) is 5.58. The van der Waals surface area contributed by atoms with E-state index in [0.717, 1.165) is 41.9 Å². The molecule has 8 heteroatoms. The Kier molecular flexibility index (Phi) is 4.10. The van der Waals surface area contributed by atoms with Gasteiger partial charge in [0.15, 0.2) is 5.65 Å². The predicted molar refractivity (Wildman–Crippen MR) is 96.2 cm³/mol. The largest absolute Gasteiger partial charge is 0.353 e. The average molecular weight is 354 g/mol. The van der Waals surface area contributed by atoms with Gasteiger partial charge in [-0.2, -0.15) is 5.10 Å². The number of aryl methyl sites for hydroxylation is 3. The maximum atomic E-state index is 12.4. The van der Waals surface area contributed by atoms with E-state index in [9.17, 15) is 9.59 Å². The van der Waals surface area contributed by atoms with Gasteiger partial charge < -0.3 is 5.32 Å². The zero-order valence-electron chi connectivity index (χ0n) is 14.9. The molecule has 3 aromatic heterocycles. The van der Waals surface area contributed by atoms with Crippen LogP contribution >= 0.6 is 0 Å². The molecule has 3 aromatic rings. The number of carbonyl (C=O) groups is 1. The maximum Gasteiger partial charge on any atom is 0.266 e. The number of aromatic nitrogens is 5. The van der Waals surface area contributed by atoms with Gasteiger partial charge in [0.25, 0.3) is 5.56 Å². The van der Waals surface area contributed by atoms with Crippen molar-refractivity contribution in [3.05, 3.63) is 50.8 Å². The number of hydrogen-bond acceptors (Lipinski definition) is 4. The summed E-state index contributed by atoms with van der Waals surface area (Å²) in [5, 5.41) is 12.9. The lowest BCUT2D eigenvalue weighted by atomic mass is 9.93. The highest BCUT2D eigenvalue weighted by molar-refractivity contribution is 5.76. The van der Waals surface area contributed by atoms with E-state index in [1.807, 2.05) is 20.0 Å². The van der Waals surface area contributed by atoms with Gasteiger partial charge >= 0.3 is 0 Å². The molecule has 1 atom stereocenters. The third-order valence-corrected chi connectivity index (χ3v) is 5.19. The number of fused-ring (bicyclic) bond motifs is 2. The number of nitrogens with one attached hydrogen (secondary N) is 3. The maximum absolute atomic E-state index is 12.4. The summed E-state index contributed by atoms with van der Waals surface area (Å²) in [7, 11) is 0. The second kappa shape index (κ2) is 6.44. The van der Waals surface area contributed by atoms with Crippen LogP contribution in [0.4, 0.5) is 0 Å². The topological polar surface area (TPSA) is 108 Å². The Bertz CT molecular complexity index is 1030. The molecular weight excluding hydrogens is 332 g/mol. The van der Waals surface area contributed by atoms with Gasteiger partial charge in [-0.15, -0.1) is 0 Å². The lowest BCUT2D eigenvalue weighted by Crippen LogP contribution is -2.39. The second-order valence-electron chi connectivity index (χ2n) is 6.96. The first-order valence-corrected chi connectivity index (χ1v) is 8.89. The zero-order chi connectivity index (χ0) is 18.3. The second-order valence-corrected chi connectivity index (χ2v) is 6.96. The van der Waals surface area contributed by atoms with Gasteiger partial charge in [0, 0.05) is 42.0 Å². The quantitative estimate of drug-likeness (QED) is 0.649. The fourth-order valence-corrected chi connectivity index (χ4v) is 3.79. The van der Waals surface area contributed by atoms with Crippen molar-refractivity contribution in [3.8, 4) is 0 Å². The Labute approximate surface area is 150 Å². The van der Waals surface area contributed by atoms with E-state index >= 15 is 0 Å². The highest BCUT2D eigenvalue weighted by atomic mass is 16.1. The summed E-state index contributed by atoms with van der Waals surface area (Å²) in [4.78, 5) is 28.4. The number of rotatable bonds is 4. The minimum Gasteiger partial charge on any atom is -0.353 e. The van der Waals surface area contributed by atoms with Crippen LogP contribution in [-0.2, 0) is 24.1 Å². The molecule has 0 spiro atoms. The molecule has 26 heavy (non-hydrogen) atoms. The van der Waals surface area contributed by atoms with Crippen molar-refractivity contribution in [3.63, 3.8) is 0 Å². The highest BCUT2D eigenvalue weighted by Crippen LogP contribution is 2.19. The molecule has 0 radical (unpaired) electrons. The minimum absolute atomic E-state index is 0.0397. The molecule has 3 heterocycles. The zero-order valence-corrected chi connectivity index (χ0v) is 14.9. The van der Waals surface area contributed by atoms with E-state index in [1.54, 1.807) is 4.52 Å². The fourth-order valence-electron chi connectivity index (χ4n) is 3.79. The molecule has 4 rings (SSSR count). The van der Waals surface area contributed by atoms with Gasteiger partial charge in [0.2, 0.25) is 5.91 Å². The Morgan fingerprint density at radius 3 is 3.12 bits per heavy atom. The molecule has 1 unspecified atom stereocenters. The van der Waals surface area contributed by atoms with Crippen molar-refractivity contribution in [2.75, 3.05) is 0 Å². The number of hydrogen-bond donors (Lipinski definition) is 3. The first kappa shape index (κ1) is 16.6. The molecule has 8 nitrogen and oxygen atoms in total. The van der Waals surface area contributed by atoms with Crippen LogP contribution in [0.5, 0.6) is 0 Å². The van der Waals surface area contributed by atoms with E-state index in [0.29, 0.717) is 18.5 Å². The van der Waals surface area contributed by atoms with Gasteiger partial charge in [0.1, 0.15) is 0 Å².